The summed E-state index contributed by atoms with van der Waals surface area (Å²) in [6.07, 6.45) is -0.519. The van der Waals surface area contributed by atoms with Gasteiger partial charge in [-0.2, -0.15) is 0 Å². The van der Waals surface area contributed by atoms with Gasteiger partial charge in [0.25, 0.3) is 0 Å². The Morgan fingerprint density at radius 2 is 2.05 bits per heavy atom. The van der Waals surface area contributed by atoms with Gasteiger partial charge in [-0.1, -0.05) is 15.9 Å². The number of nitrogens with one attached hydrogen (secondary N) is 1. The van der Waals surface area contributed by atoms with E-state index in [-0.39, 0.29) is 10.0 Å². The van der Waals surface area contributed by atoms with Crippen molar-refractivity contribution >= 4 is 33.3 Å². The van der Waals surface area contributed by atoms with Gasteiger partial charge in [0.1, 0.15) is 4.75 Å². The van der Waals surface area contributed by atoms with Crippen LogP contribution in [0.4, 0.5) is 8.78 Å². The number of hydrogen-bond donors (Lipinski definition) is 2. The zero-order valence-corrected chi connectivity index (χ0v) is 14.1. The maximum absolute atomic E-state index is 13.9. The Balaban J connectivity index is 3.17. The molecule has 0 radical (unpaired) electrons. The molecule has 0 fully saturated rings. The number of halogens is 3. The Bertz CT molecular complexity index is 537. The summed E-state index contributed by atoms with van der Waals surface area (Å²) in [5.41, 5.74) is -0.179. The monoisotopic (exact) mass is 383 g/mol. The Hall–Kier alpha value is -0.700. The Labute approximate surface area is 133 Å². The van der Waals surface area contributed by atoms with Gasteiger partial charge in [-0.25, -0.2) is 8.78 Å². The third kappa shape index (κ3) is 5.21. The lowest BCUT2D eigenvalue weighted by atomic mass is 10.0. The molecular formula is C13H16BrF2NO3S. The standard InChI is InChI=1S/C13H16BrF2NO3S/c1-13(2,3)21(20)17-10(6-11(18)19)8-4-7(14)5-9(15)12(8)16/h4-5,10,17H,6H2,1-3H3,(H,18,19)/t10?,21-/m1/s1. The zero-order valence-electron chi connectivity index (χ0n) is 11.7. The molecule has 0 heterocycles. The van der Waals surface area contributed by atoms with Gasteiger partial charge in [-0.15, -0.1) is 4.72 Å². The van der Waals surface area contributed by atoms with Gasteiger partial charge in [0.15, 0.2) is 11.6 Å². The van der Waals surface area contributed by atoms with E-state index in [1.165, 1.54) is 6.07 Å². The van der Waals surface area contributed by atoms with Gasteiger partial charge in [-0.05, 0) is 32.9 Å². The molecule has 0 saturated carbocycles. The van der Waals surface area contributed by atoms with Crippen LogP contribution in [0, 0.1) is 11.6 Å². The average molecular weight is 384 g/mol. The molecule has 0 bridgehead atoms. The SMILES string of the molecule is CC(C)(C)[S@@+]([O-])NC(CC(=O)O)c1cc(Br)cc(F)c1F. The first-order chi connectivity index (χ1) is 9.52. The maximum Gasteiger partial charge on any atom is 0.305 e. The topological polar surface area (TPSA) is 72.4 Å². The number of benzene rings is 1. The fourth-order valence-electron chi connectivity index (χ4n) is 1.53. The van der Waals surface area contributed by atoms with Crippen LogP contribution in [-0.2, 0) is 16.2 Å². The number of carbonyl (C=O) groups is 1. The van der Waals surface area contributed by atoms with E-state index in [1.807, 2.05) is 0 Å². The number of carboxylic acids is 1. The van der Waals surface area contributed by atoms with Crippen molar-refractivity contribution in [3.8, 4) is 0 Å². The van der Waals surface area contributed by atoms with Gasteiger partial charge in [0, 0.05) is 21.4 Å². The first-order valence-corrected chi connectivity index (χ1v) is 8.01. The largest absolute Gasteiger partial charge is 0.598 e. The second-order valence-corrected chi connectivity index (χ2v) is 8.35. The quantitative estimate of drug-likeness (QED) is 0.604. The maximum atomic E-state index is 13.9. The van der Waals surface area contributed by atoms with Crippen molar-refractivity contribution in [2.45, 2.75) is 38.0 Å². The van der Waals surface area contributed by atoms with Gasteiger partial charge >= 0.3 is 5.97 Å². The zero-order chi connectivity index (χ0) is 16.4. The highest BCUT2D eigenvalue weighted by Gasteiger charge is 2.32. The molecule has 1 unspecified atom stereocenters. The summed E-state index contributed by atoms with van der Waals surface area (Å²) >= 11 is 1.41. The van der Waals surface area contributed by atoms with Crippen LogP contribution in [0.25, 0.3) is 0 Å². The van der Waals surface area contributed by atoms with E-state index >= 15 is 0 Å². The van der Waals surface area contributed by atoms with E-state index in [0.29, 0.717) is 0 Å². The summed E-state index contributed by atoms with van der Waals surface area (Å²) in [5, 5.41) is 8.92. The van der Waals surface area contributed by atoms with Crippen LogP contribution in [0.5, 0.6) is 0 Å². The molecule has 1 rings (SSSR count). The predicted molar refractivity (Wildman–Crippen MR) is 80.1 cm³/mol. The molecule has 0 aliphatic rings. The van der Waals surface area contributed by atoms with Crippen LogP contribution >= 0.6 is 15.9 Å². The van der Waals surface area contributed by atoms with Crippen molar-refractivity contribution in [2.75, 3.05) is 0 Å². The van der Waals surface area contributed by atoms with Gasteiger partial charge in [-0.3, -0.25) is 4.79 Å². The summed E-state index contributed by atoms with van der Waals surface area (Å²) in [6, 6.07) is 1.12. The number of rotatable bonds is 5. The highest BCUT2D eigenvalue weighted by Crippen LogP contribution is 2.28. The van der Waals surface area contributed by atoms with E-state index in [4.69, 9.17) is 5.11 Å². The van der Waals surface area contributed by atoms with Crippen molar-refractivity contribution in [2.24, 2.45) is 0 Å². The summed E-state index contributed by atoms with van der Waals surface area (Å²) in [6.45, 7) is 5.06. The van der Waals surface area contributed by atoms with Gasteiger partial charge in [0.05, 0.1) is 12.5 Å². The molecule has 8 heteroatoms. The van der Waals surface area contributed by atoms with Crippen LogP contribution in [0.15, 0.2) is 16.6 Å². The molecule has 2 N–H and O–H groups in total. The summed E-state index contributed by atoms with van der Waals surface area (Å²) in [7, 11) is 0. The van der Waals surface area contributed by atoms with Crippen LogP contribution in [0.2, 0.25) is 0 Å². The molecule has 0 aromatic heterocycles. The average Bonchev–Trinajstić information content (AvgIpc) is 2.31. The second-order valence-electron chi connectivity index (χ2n) is 5.44. The first kappa shape index (κ1) is 18.3. The second kappa shape index (κ2) is 7.04. The Morgan fingerprint density at radius 3 is 2.52 bits per heavy atom. The van der Waals surface area contributed by atoms with E-state index in [9.17, 15) is 18.1 Å². The number of aliphatic carboxylic acids is 1. The van der Waals surface area contributed by atoms with Crippen molar-refractivity contribution in [3.63, 3.8) is 0 Å². The third-order valence-electron chi connectivity index (χ3n) is 2.58. The van der Waals surface area contributed by atoms with Crippen molar-refractivity contribution in [1.29, 1.82) is 0 Å². The third-order valence-corrected chi connectivity index (χ3v) is 4.65. The van der Waals surface area contributed by atoms with E-state index in [2.05, 4.69) is 20.7 Å². The molecule has 2 atom stereocenters. The predicted octanol–water partition coefficient (Wildman–Crippen LogP) is 3.29. The Morgan fingerprint density at radius 1 is 1.48 bits per heavy atom. The van der Waals surface area contributed by atoms with Gasteiger partial charge < -0.3 is 9.66 Å². The summed E-state index contributed by atoms with van der Waals surface area (Å²) in [5.74, 6) is -3.46. The highest BCUT2D eigenvalue weighted by atomic mass is 79.9. The molecule has 1 aromatic rings. The lowest BCUT2D eigenvalue weighted by molar-refractivity contribution is -0.137. The molecule has 0 amide bonds. The van der Waals surface area contributed by atoms with E-state index < -0.39 is 46.2 Å². The smallest absolute Gasteiger partial charge is 0.305 e. The van der Waals surface area contributed by atoms with Crippen molar-refractivity contribution in [3.05, 3.63) is 33.8 Å². The van der Waals surface area contributed by atoms with Crippen LogP contribution < -0.4 is 4.72 Å². The molecule has 0 aliphatic heterocycles. The first-order valence-electron chi connectivity index (χ1n) is 6.06. The number of carboxylic acid groups (broad SMARTS) is 1. The lowest BCUT2D eigenvalue weighted by Gasteiger charge is -2.27. The minimum Gasteiger partial charge on any atom is -0.598 e. The van der Waals surface area contributed by atoms with E-state index in [1.54, 1.807) is 20.8 Å². The van der Waals surface area contributed by atoms with Crippen LogP contribution in [0.1, 0.15) is 38.8 Å². The highest BCUT2D eigenvalue weighted by molar-refractivity contribution is 9.10. The summed E-state index contributed by atoms with van der Waals surface area (Å²) in [4.78, 5) is 10.9. The molecule has 0 spiro atoms. The molecule has 118 valence electrons. The fraction of sp³-hybridized carbons (Fsp3) is 0.462. The molecular weight excluding hydrogens is 368 g/mol. The van der Waals surface area contributed by atoms with Gasteiger partial charge in [0.2, 0.25) is 0 Å². The summed E-state index contributed by atoms with van der Waals surface area (Å²) < 4.78 is 41.6. The molecule has 1 aromatic carbocycles. The normalized spacial score (nSPS) is 14.8. The lowest BCUT2D eigenvalue weighted by Crippen LogP contribution is -2.42. The molecule has 4 nitrogen and oxygen atoms in total. The van der Waals surface area contributed by atoms with Crippen LogP contribution in [-0.4, -0.2) is 20.4 Å². The van der Waals surface area contributed by atoms with Crippen LogP contribution in [0.3, 0.4) is 0 Å². The molecule has 0 saturated heterocycles. The molecule has 0 aliphatic carbocycles. The van der Waals surface area contributed by atoms with Crippen molar-refractivity contribution < 1.29 is 23.2 Å². The minimum atomic E-state index is -1.62. The minimum absolute atomic E-state index is 0.179. The molecule has 21 heavy (non-hydrogen) atoms. The Kier molecular flexibility index (Phi) is 6.15. The van der Waals surface area contributed by atoms with E-state index in [0.717, 1.165) is 6.07 Å². The van der Waals surface area contributed by atoms with Crippen molar-refractivity contribution in [1.82, 2.24) is 4.72 Å². The number of hydrogen-bond acceptors (Lipinski definition) is 3. The fourth-order valence-corrected chi connectivity index (χ4v) is 2.80.